The normalized spacial score (nSPS) is 10.6. The standard InChI is InChI=1S/C16H10Br2N2O/c17-12-8-4-7-11(9-12)15-19-14(13(18)16(21)20-15)10-5-2-1-3-6-10/h1-9H,(H,19,20,21). The molecule has 0 aliphatic carbocycles. The second-order valence-electron chi connectivity index (χ2n) is 4.45. The van der Waals surface area contributed by atoms with Crippen LogP contribution in [0.1, 0.15) is 0 Å². The summed E-state index contributed by atoms with van der Waals surface area (Å²) >= 11 is 6.75. The van der Waals surface area contributed by atoms with E-state index in [1.807, 2.05) is 54.6 Å². The Kier molecular flexibility index (Phi) is 4.03. The van der Waals surface area contributed by atoms with Crippen LogP contribution in [-0.4, -0.2) is 9.97 Å². The summed E-state index contributed by atoms with van der Waals surface area (Å²) in [5.74, 6) is 0.545. The molecule has 0 saturated heterocycles. The Bertz CT molecular complexity index is 844. The van der Waals surface area contributed by atoms with Crippen LogP contribution in [0.25, 0.3) is 22.6 Å². The van der Waals surface area contributed by atoms with Crippen molar-refractivity contribution >= 4 is 31.9 Å². The van der Waals surface area contributed by atoms with Crippen molar-refractivity contribution in [1.29, 1.82) is 0 Å². The van der Waals surface area contributed by atoms with E-state index in [0.29, 0.717) is 16.0 Å². The fourth-order valence-electron chi connectivity index (χ4n) is 2.02. The molecule has 3 aromatic rings. The van der Waals surface area contributed by atoms with E-state index in [9.17, 15) is 4.79 Å². The third-order valence-corrected chi connectivity index (χ3v) is 4.24. The largest absolute Gasteiger partial charge is 0.306 e. The van der Waals surface area contributed by atoms with Gasteiger partial charge >= 0.3 is 0 Å². The molecule has 104 valence electrons. The van der Waals surface area contributed by atoms with E-state index in [4.69, 9.17) is 0 Å². The Balaban J connectivity index is 2.21. The lowest BCUT2D eigenvalue weighted by Crippen LogP contribution is -2.11. The fraction of sp³-hybridized carbons (Fsp3) is 0. The van der Waals surface area contributed by atoms with E-state index in [0.717, 1.165) is 15.6 Å². The summed E-state index contributed by atoms with van der Waals surface area (Å²) in [5, 5.41) is 0. The van der Waals surface area contributed by atoms with Gasteiger partial charge in [-0.3, -0.25) is 4.79 Å². The molecule has 0 atom stereocenters. The van der Waals surface area contributed by atoms with Crippen LogP contribution < -0.4 is 5.56 Å². The first kappa shape index (κ1) is 14.2. The van der Waals surface area contributed by atoms with E-state index in [1.54, 1.807) is 0 Å². The van der Waals surface area contributed by atoms with Crippen molar-refractivity contribution in [3.05, 3.63) is 73.9 Å². The van der Waals surface area contributed by atoms with Crippen molar-refractivity contribution < 1.29 is 0 Å². The quantitative estimate of drug-likeness (QED) is 0.675. The van der Waals surface area contributed by atoms with Gasteiger partial charge in [-0.2, -0.15) is 0 Å². The van der Waals surface area contributed by atoms with Crippen LogP contribution in [0.3, 0.4) is 0 Å². The van der Waals surface area contributed by atoms with Crippen molar-refractivity contribution in [3.63, 3.8) is 0 Å². The summed E-state index contributed by atoms with van der Waals surface area (Å²) in [4.78, 5) is 19.5. The minimum absolute atomic E-state index is 0.196. The molecular formula is C16H10Br2N2O. The number of hydrogen-bond acceptors (Lipinski definition) is 2. The van der Waals surface area contributed by atoms with Gasteiger partial charge in [-0.25, -0.2) is 4.98 Å². The van der Waals surface area contributed by atoms with E-state index in [-0.39, 0.29) is 5.56 Å². The van der Waals surface area contributed by atoms with Gasteiger partial charge in [0.2, 0.25) is 0 Å². The third kappa shape index (κ3) is 2.99. The minimum Gasteiger partial charge on any atom is -0.306 e. The maximum absolute atomic E-state index is 12.1. The van der Waals surface area contributed by atoms with Crippen LogP contribution in [0.15, 0.2) is 68.3 Å². The first-order valence-electron chi connectivity index (χ1n) is 6.26. The summed E-state index contributed by atoms with van der Waals surface area (Å²) < 4.78 is 1.37. The predicted octanol–water partition coefficient (Wildman–Crippen LogP) is 4.63. The van der Waals surface area contributed by atoms with Gasteiger partial charge in [-0.05, 0) is 28.1 Å². The molecule has 0 unspecified atom stereocenters. The summed E-state index contributed by atoms with van der Waals surface area (Å²) in [6.45, 7) is 0. The van der Waals surface area contributed by atoms with Gasteiger partial charge in [0.15, 0.2) is 0 Å². The molecule has 5 heteroatoms. The number of aromatic nitrogens is 2. The Morgan fingerprint density at radius 2 is 1.62 bits per heavy atom. The maximum atomic E-state index is 12.1. The van der Waals surface area contributed by atoms with Crippen LogP contribution in [0.5, 0.6) is 0 Å². The number of rotatable bonds is 2. The molecule has 0 radical (unpaired) electrons. The lowest BCUT2D eigenvalue weighted by atomic mass is 10.1. The molecule has 0 aliphatic rings. The summed E-state index contributed by atoms with van der Waals surface area (Å²) in [7, 11) is 0. The molecule has 3 rings (SSSR count). The van der Waals surface area contributed by atoms with Crippen LogP contribution in [0.4, 0.5) is 0 Å². The van der Waals surface area contributed by atoms with E-state index in [2.05, 4.69) is 41.8 Å². The highest BCUT2D eigenvalue weighted by atomic mass is 79.9. The zero-order valence-corrected chi connectivity index (χ0v) is 14.0. The SMILES string of the molecule is O=c1[nH]c(-c2cccc(Br)c2)nc(-c2ccccc2)c1Br. The number of aromatic amines is 1. The van der Waals surface area contributed by atoms with Crippen molar-refractivity contribution in [2.75, 3.05) is 0 Å². The van der Waals surface area contributed by atoms with Crippen molar-refractivity contribution in [3.8, 4) is 22.6 Å². The van der Waals surface area contributed by atoms with Gasteiger partial charge in [-0.15, -0.1) is 0 Å². The van der Waals surface area contributed by atoms with Gasteiger partial charge in [0.25, 0.3) is 5.56 Å². The minimum atomic E-state index is -0.196. The molecule has 0 saturated carbocycles. The average molecular weight is 406 g/mol. The predicted molar refractivity (Wildman–Crippen MR) is 91.1 cm³/mol. The Morgan fingerprint density at radius 1 is 0.905 bits per heavy atom. The molecule has 0 bridgehead atoms. The van der Waals surface area contributed by atoms with Gasteiger partial charge in [0, 0.05) is 15.6 Å². The van der Waals surface area contributed by atoms with Crippen LogP contribution in [-0.2, 0) is 0 Å². The number of benzene rings is 2. The summed E-state index contributed by atoms with van der Waals surface area (Å²) in [5.41, 5.74) is 2.19. The molecular weight excluding hydrogens is 396 g/mol. The highest BCUT2D eigenvalue weighted by molar-refractivity contribution is 9.10. The molecule has 0 aliphatic heterocycles. The van der Waals surface area contributed by atoms with Gasteiger partial charge in [-0.1, -0.05) is 58.4 Å². The zero-order chi connectivity index (χ0) is 14.8. The second kappa shape index (κ2) is 5.95. The highest BCUT2D eigenvalue weighted by Gasteiger charge is 2.12. The topological polar surface area (TPSA) is 45.8 Å². The number of nitrogens with zero attached hydrogens (tertiary/aromatic N) is 1. The summed E-state index contributed by atoms with van der Waals surface area (Å²) in [6, 6.07) is 17.3. The van der Waals surface area contributed by atoms with E-state index >= 15 is 0 Å². The highest BCUT2D eigenvalue weighted by Crippen LogP contribution is 2.26. The maximum Gasteiger partial charge on any atom is 0.266 e. The molecule has 0 spiro atoms. The first-order chi connectivity index (χ1) is 10.1. The monoisotopic (exact) mass is 404 g/mol. The lowest BCUT2D eigenvalue weighted by molar-refractivity contribution is 1.11. The smallest absolute Gasteiger partial charge is 0.266 e. The summed E-state index contributed by atoms with van der Waals surface area (Å²) in [6.07, 6.45) is 0. The Hall–Kier alpha value is -1.72. The van der Waals surface area contributed by atoms with Gasteiger partial charge in [0.1, 0.15) is 10.3 Å². The number of halogens is 2. The fourth-order valence-corrected chi connectivity index (χ4v) is 2.83. The van der Waals surface area contributed by atoms with Crippen molar-refractivity contribution in [2.45, 2.75) is 0 Å². The lowest BCUT2D eigenvalue weighted by Gasteiger charge is -2.07. The number of H-pyrrole nitrogens is 1. The Morgan fingerprint density at radius 3 is 2.33 bits per heavy atom. The van der Waals surface area contributed by atoms with E-state index in [1.165, 1.54) is 0 Å². The van der Waals surface area contributed by atoms with Crippen LogP contribution in [0.2, 0.25) is 0 Å². The zero-order valence-electron chi connectivity index (χ0n) is 10.8. The Labute approximate surface area is 138 Å². The average Bonchev–Trinajstić information content (AvgIpc) is 2.51. The van der Waals surface area contributed by atoms with Crippen molar-refractivity contribution in [1.82, 2.24) is 9.97 Å². The number of hydrogen-bond donors (Lipinski definition) is 1. The molecule has 0 fully saturated rings. The van der Waals surface area contributed by atoms with Crippen LogP contribution in [0, 0.1) is 0 Å². The molecule has 0 amide bonds. The molecule has 2 aromatic carbocycles. The second-order valence-corrected chi connectivity index (χ2v) is 6.16. The molecule has 21 heavy (non-hydrogen) atoms. The third-order valence-electron chi connectivity index (χ3n) is 3.01. The number of nitrogens with one attached hydrogen (secondary N) is 1. The molecule has 1 N–H and O–H groups in total. The van der Waals surface area contributed by atoms with Crippen molar-refractivity contribution in [2.24, 2.45) is 0 Å². The molecule has 3 nitrogen and oxygen atoms in total. The van der Waals surface area contributed by atoms with E-state index < -0.39 is 0 Å². The van der Waals surface area contributed by atoms with Gasteiger partial charge in [0.05, 0.1) is 5.69 Å². The molecule has 1 heterocycles. The van der Waals surface area contributed by atoms with Crippen LogP contribution >= 0.6 is 31.9 Å². The van der Waals surface area contributed by atoms with Gasteiger partial charge < -0.3 is 4.98 Å². The molecule has 1 aromatic heterocycles. The first-order valence-corrected chi connectivity index (χ1v) is 7.85.